The van der Waals surface area contributed by atoms with Gasteiger partial charge in [-0.25, -0.2) is 0 Å². The molecule has 1 saturated carbocycles. The fraction of sp³-hybridized carbons (Fsp3) is 0.538. The van der Waals surface area contributed by atoms with Crippen LogP contribution >= 0.6 is 0 Å². The molecule has 0 atom stereocenters. The molecule has 0 amide bonds. The molecule has 0 radical (unpaired) electrons. The van der Waals surface area contributed by atoms with Gasteiger partial charge in [0.05, 0.1) is 11.5 Å². The summed E-state index contributed by atoms with van der Waals surface area (Å²) in [4.78, 5) is 10.3. The number of hydrogen-bond donors (Lipinski definition) is 1. The van der Waals surface area contributed by atoms with E-state index >= 15 is 0 Å². The summed E-state index contributed by atoms with van der Waals surface area (Å²) >= 11 is 0. The predicted octanol–water partition coefficient (Wildman–Crippen LogP) is 2.74. The zero-order chi connectivity index (χ0) is 13.0. The standard InChI is InChI=1S/C13H18N2O3/c1-10-2-5-12(15(16)17)8-13(10)14-6-7-18-9-11-3-4-11/h2,5,8,11,14H,3-4,6-7,9H2,1H3. The van der Waals surface area contributed by atoms with E-state index in [4.69, 9.17) is 4.74 Å². The molecule has 0 spiro atoms. The Labute approximate surface area is 106 Å². The third-order valence-electron chi connectivity index (χ3n) is 3.04. The summed E-state index contributed by atoms with van der Waals surface area (Å²) in [5, 5.41) is 13.8. The number of ether oxygens (including phenoxy) is 1. The lowest BCUT2D eigenvalue weighted by atomic mass is 10.2. The van der Waals surface area contributed by atoms with E-state index in [1.807, 2.05) is 6.92 Å². The van der Waals surface area contributed by atoms with Gasteiger partial charge < -0.3 is 10.1 Å². The topological polar surface area (TPSA) is 64.4 Å². The molecule has 0 saturated heterocycles. The summed E-state index contributed by atoms with van der Waals surface area (Å²) in [6.45, 7) is 4.08. The van der Waals surface area contributed by atoms with Crippen molar-refractivity contribution < 1.29 is 9.66 Å². The Morgan fingerprint density at radius 1 is 1.50 bits per heavy atom. The molecule has 1 aromatic carbocycles. The van der Waals surface area contributed by atoms with Gasteiger partial charge in [-0.2, -0.15) is 0 Å². The highest BCUT2D eigenvalue weighted by Gasteiger charge is 2.20. The van der Waals surface area contributed by atoms with Crippen molar-refractivity contribution in [2.75, 3.05) is 25.1 Å². The van der Waals surface area contributed by atoms with Gasteiger partial charge in [-0.15, -0.1) is 0 Å². The number of nitrogens with zero attached hydrogens (tertiary/aromatic N) is 1. The largest absolute Gasteiger partial charge is 0.382 e. The molecule has 1 aliphatic carbocycles. The Hall–Kier alpha value is -1.62. The maximum atomic E-state index is 10.7. The normalized spacial score (nSPS) is 14.5. The molecule has 5 heteroatoms. The Morgan fingerprint density at radius 2 is 2.28 bits per heavy atom. The summed E-state index contributed by atoms with van der Waals surface area (Å²) in [5.74, 6) is 0.768. The van der Waals surface area contributed by atoms with E-state index in [0.29, 0.717) is 13.2 Å². The van der Waals surface area contributed by atoms with Gasteiger partial charge in [-0.1, -0.05) is 6.07 Å². The van der Waals surface area contributed by atoms with Crippen molar-refractivity contribution >= 4 is 11.4 Å². The van der Waals surface area contributed by atoms with Crippen LogP contribution in [0.2, 0.25) is 0 Å². The van der Waals surface area contributed by atoms with E-state index in [1.54, 1.807) is 12.1 Å². The van der Waals surface area contributed by atoms with Crippen LogP contribution in [0, 0.1) is 23.0 Å². The van der Waals surface area contributed by atoms with Crippen LogP contribution in [0.3, 0.4) is 0 Å². The van der Waals surface area contributed by atoms with Crippen LogP contribution in [0.25, 0.3) is 0 Å². The van der Waals surface area contributed by atoms with Crippen LogP contribution in [-0.2, 0) is 4.74 Å². The molecule has 0 bridgehead atoms. The molecule has 0 unspecified atom stereocenters. The lowest BCUT2D eigenvalue weighted by Gasteiger charge is -2.09. The van der Waals surface area contributed by atoms with Gasteiger partial charge in [0.2, 0.25) is 0 Å². The molecule has 1 aliphatic rings. The van der Waals surface area contributed by atoms with Crippen LogP contribution in [0.1, 0.15) is 18.4 Å². The molecule has 0 heterocycles. The number of aryl methyl sites for hydroxylation is 1. The van der Waals surface area contributed by atoms with Gasteiger partial charge in [0.1, 0.15) is 0 Å². The minimum absolute atomic E-state index is 0.113. The maximum Gasteiger partial charge on any atom is 0.271 e. The first-order valence-corrected chi connectivity index (χ1v) is 6.23. The smallest absolute Gasteiger partial charge is 0.271 e. The average Bonchev–Trinajstić information content (AvgIpc) is 3.14. The highest BCUT2D eigenvalue weighted by Crippen LogP contribution is 2.28. The van der Waals surface area contributed by atoms with E-state index in [0.717, 1.165) is 23.8 Å². The molecule has 1 N–H and O–H groups in total. The highest BCUT2D eigenvalue weighted by atomic mass is 16.6. The highest BCUT2D eigenvalue weighted by molar-refractivity contribution is 5.56. The van der Waals surface area contributed by atoms with E-state index in [-0.39, 0.29) is 10.6 Å². The van der Waals surface area contributed by atoms with Crippen molar-refractivity contribution in [1.29, 1.82) is 0 Å². The monoisotopic (exact) mass is 250 g/mol. The second-order valence-electron chi connectivity index (χ2n) is 4.70. The molecular formula is C13H18N2O3. The molecule has 98 valence electrons. The fourth-order valence-corrected chi connectivity index (χ4v) is 1.71. The van der Waals surface area contributed by atoms with Crippen LogP contribution < -0.4 is 5.32 Å². The molecule has 18 heavy (non-hydrogen) atoms. The second-order valence-corrected chi connectivity index (χ2v) is 4.70. The van der Waals surface area contributed by atoms with Crippen molar-refractivity contribution in [1.82, 2.24) is 0 Å². The summed E-state index contributed by atoms with van der Waals surface area (Å²) in [5.41, 5.74) is 1.92. The number of anilines is 1. The van der Waals surface area contributed by atoms with Crippen LogP contribution in [0.15, 0.2) is 18.2 Å². The summed E-state index contributed by atoms with van der Waals surface area (Å²) < 4.78 is 5.50. The van der Waals surface area contributed by atoms with Crippen LogP contribution in [-0.4, -0.2) is 24.7 Å². The fourth-order valence-electron chi connectivity index (χ4n) is 1.71. The summed E-state index contributed by atoms with van der Waals surface area (Å²) in [6.07, 6.45) is 2.58. The van der Waals surface area contributed by atoms with Crippen LogP contribution in [0.5, 0.6) is 0 Å². The summed E-state index contributed by atoms with van der Waals surface area (Å²) in [7, 11) is 0. The molecular weight excluding hydrogens is 232 g/mol. The molecule has 1 aromatic rings. The minimum atomic E-state index is -0.381. The number of nitro benzene ring substituents is 1. The Bertz CT molecular complexity index is 430. The van der Waals surface area contributed by atoms with Gasteiger partial charge in [-0.05, 0) is 31.2 Å². The average molecular weight is 250 g/mol. The second kappa shape index (κ2) is 5.82. The van der Waals surface area contributed by atoms with Crippen molar-refractivity contribution in [2.45, 2.75) is 19.8 Å². The third-order valence-corrected chi connectivity index (χ3v) is 3.04. The molecule has 5 nitrogen and oxygen atoms in total. The van der Waals surface area contributed by atoms with Crippen molar-refractivity contribution in [3.63, 3.8) is 0 Å². The predicted molar refractivity (Wildman–Crippen MR) is 69.9 cm³/mol. The molecule has 0 aliphatic heterocycles. The zero-order valence-corrected chi connectivity index (χ0v) is 10.5. The number of nitrogens with one attached hydrogen (secondary N) is 1. The first-order chi connectivity index (χ1) is 8.66. The number of rotatable bonds is 7. The quantitative estimate of drug-likeness (QED) is 0.459. The lowest BCUT2D eigenvalue weighted by molar-refractivity contribution is -0.384. The Balaban J connectivity index is 1.79. The Kier molecular flexibility index (Phi) is 4.15. The molecule has 2 rings (SSSR count). The first-order valence-electron chi connectivity index (χ1n) is 6.23. The van der Waals surface area contributed by atoms with E-state index in [2.05, 4.69) is 5.32 Å². The minimum Gasteiger partial charge on any atom is -0.382 e. The van der Waals surface area contributed by atoms with Crippen molar-refractivity contribution in [3.05, 3.63) is 33.9 Å². The van der Waals surface area contributed by atoms with Gasteiger partial charge in [0.25, 0.3) is 5.69 Å². The maximum absolute atomic E-state index is 10.7. The number of hydrogen-bond acceptors (Lipinski definition) is 4. The van der Waals surface area contributed by atoms with Gasteiger partial charge in [0, 0.05) is 31.0 Å². The van der Waals surface area contributed by atoms with Gasteiger partial charge in [-0.3, -0.25) is 10.1 Å². The van der Waals surface area contributed by atoms with Crippen molar-refractivity contribution in [3.8, 4) is 0 Å². The Morgan fingerprint density at radius 3 is 2.94 bits per heavy atom. The van der Waals surface area contributed by atoms with Crippen molar-refractivity contribution in [2.24, 2.45) is 5.92 Å². The van der Waals surface area contributed by atoms with Crippen LogP contribution in [0.4, 0.5) is 11.4 Å². The van der Waals surface area contributed by atoms with Gasteiger partial charge in [0.15, 0.2) is 0 Å². The number of nitro groups is 1. The molecule has 0 aromatic heterocycles. The zero-order valence-electron chi connectivity index (χ0n) is 10.5. The summed E-state index contributed by atoms with van der Waals surface area (Å²) in [6, 6.07) is 4.84. The number of benzene rings is 1. The van der Waals surface area contributed by atoms with E-state index < -0.39 is 0 Å². The van der Waals surface area contributed by atoms with E-state index in [1.165, 1.54) is 18.9 Å². The first kappa shape index (κ1) is 12.8. The third kappa shape index (κ3) is 3.70. The van der Waals surface area contributed by atoms with E-state index in [9.17, 15) is 10.1 Å². The van der Waals surface area contributed by atoms with Gasteiger partial charge >= 0.3 is 0 Å². The lowest BCUT2D eigenvalue weighted by Crippen LogP contribution is -2.11. The number of non-ortho nitro benzene ring substituents is 1. The molecule has 1 fully saturated rings. The SMILES string of the molecule is Cc1ccc([N+](=O)[O-])cc1NCCOCC1CC1.